The lowest BCUT2D eigenvalue weighted by molar-refractivity contribution is 0.0624. The van der Waals surface area contributed by atoms with E-state index in [1.807, 2.05) is 12.1 Å². The zero-order chi connectivity index (χ0) is 18.7. The predicted molar refractivity (Wildman–Crippen MR) is 102 cm³/mol. The summed E-state index contributed by atoms with van der Waals surface area (Å²) in [5, 5.41) is 0. The lowest BCUT2D eigenvalue weighted by Crippen LogP contribution is -2.38. The van der Waals surface area contributed by atoms with Gasteiger partial charge in [0, 0.05) is 20.1 Å². The Hall–Kier alpha value is -2.60. The molecular weight excluding hydrogens is 333 g/mol. The average molecular weight is 357 g/mol. The maximum atomic E-state index is 13.1. The molecule has 1 aliphatic rings. The maximum absolute atomic E-state index is 13.1. The highest BCUT2D eigenvalue weighted by atomic mass is 19.1. The molecular formula is C20H24FN3O2. The lowest BCUT2D eigenvalue weighted by atomic mass is 10.0. The largest absolute Gasteiger partial charge is 0.446 e. The fraction of sp³-hybridized carbons (Fsp3) is 0.350. The molecule has 5 nitrogen and oxygen atoms in total. The fourth-order valence-corrected chi connectivity index (χ4v) is 3.08. The highest BCUT2D eigenvalue weighted by Crippen LogP contribution is 2.30. The van der Waals surface area contributed by atoms with E-state index in [-0.39, 0.29) is 11.9 Å². The quantitative estimate of drug-likeness (QED) is 0.850. The second kappa shape index (κ2) is 7.74. The number of halogens is 1. The van der Waals surface area contributed by atoms with Crippen LogP contribution in [0.2, 0.25) is 0 Å². The zero-order valence-electron chi connectivity index (χ0n) is 15.1. The van der Waals surface area contributed by atoms with Gasteiger partial charge in [-0.3, -0.25) is 4.90 Å². The van der Waals surface area contributed by atoms with Crippen LogP contribution in [0.15, 0.2) is 42.5 Å². The molecule has 6 heteroatoms. The summed E-state index contributed by atoms with van der Waals surface area (Å²) in [5.41, 5.74) is 8.83. The van der Waals surface area contributed by atoms with Gasteiger partial charge in [0.1, 0.15) is 11.9 Å². The molecule has 2 aromatic carbocycles. The van der Waals surface area contributed by atoms with E-state index in [1.165, 1.54) is 17.0 Å². The number of nitrogens with zero attached hydrogens (tertiary/aromatic N) is 2. The number of piperidine rings is 1. The summed E-state index contributed by atoms with van der Waals surface area (Å²) in [6.07, 6.45) is 1.19. The topological polar surface area (TPSA) is 58.8 Å². The first-order chi connectivity index (χ1) is 12.4. The minimum atomic E-state index is -0.414. The number of hydrogen-bond acceptors (Lipinski definition) is 4. The van der Waals surface area contributed by atoms with Crippen molar-refractivity contribution in [2.45, 2.75) is 18.9 Å². The van der Waals surface area contributed by atoms with Crippen molar-refractivity contribution in [1.29, 1.82) is 0 Å². The molecule has 2 N–H and O–H groups in total. The Morgan fingerprint density at radius 2 is 1.77 bits per heavy atom. The number of nitrogen functional groups attached to an aromatic ring is 1. The Morgan fingerprint density at radius 1 is 1.15 bits per heavy atom. The van der Waals surface area contributed by atoms with Crippen LogP contribution in [0.5, 0.6) is 0 Å². The summed E-state index contributed by atoms with van der Waals surface area (Å²) in [6.45, 7) is 1.84. The molecule has 0 aromatic heterocycles. The van der Waals surface area contributed by atoms with Crippen LogP contribution in [0.25, 0.3) is 11.1 Å². The second-order valence-electron chi connectivity index (χ2n) is 6.73. The number of ether oxygens (including phenoxy) is 1. The van der Waals surface area contributed by atoms with Gasteiger partial charge in [-0.1, -0.05) is 18.2 Å². The fourth-order valence-electron chi connectivity index (χ4n) is 3.08. The molecule has 1 heterocycles. The minimum Gasteiger partial charge on any atom is -0.446 e. The number of carbonyl (C=O) groups excluding carboxylic acids is 1. The van der Waals surface area contributed by atoms with E-state index < -0.39 is 6.09 Å². The average Bonchev–Trinajstić information content (AvgIpc) is 2.64. The molecule has 26 heavy (non-hydrogen) atoms. The van der Waals surface area contributed by atoms with Crippen molar-refractivity contribution >= 4 is 17.5 Å². The first kappa shape index (κ1) is 18.2. The minimum absolute atomic E-state index is 0.0670. The van der Waals surface area contributed by atoms with Crippen LogP contribution < -0.4 is 10.6 Å². The van der Waals surface area contributed by atoms with Gasteiger partial charge in [0.05, 0.1) is 11.4 Å². The van der Waals surface area contributed by atoms with Crippen molar-refractivity contribution in [1.82, 2.24) is 4.90 Å². The van der Waals surface area contributed by atoms with E-state index in [9.17, 15) is 9.18 Å². The number of amides is 1. The van der Waals surface area contributed by atoms with Crippen LogP contribution in [0, 0.1) is 5.82 Å². The second-order valence-corrected chi connectivity index (χ2v) is 6.73. The predicted octanol–water partition coefficient (Wildman–Crippen LogP) is 3.74. The first-order valence-corrected chi connectivity index (χ1v) is 8.72. The standard InChI is InChI=1S/C20H24FN3O2/c1-23-11-9-17(10-12-23)26-20(25)24(2)19-13-15(5-8-18(19)22)14-3-6-16(21)7-4-14/h3-8,13,17H,9-12,22H2,1-2H3. The molecule has 0 unspecified atom stereocenters. The van der Waals surface area contributed by atoms with Gasteiger partial charge in [-0.25, -0.2) is 9.18 Å². The van der Waals surface area contributed by atoms with Gasteiger partial charge < -0.3 is 15.4 Å². The van der Waals surface area contributed by atoms with Gasteiger partial charge in [-0.05, 0) is 55.3 Å². The Labute approximate surface area is 153 Å². The van der Waals surface area contributed by atoms with E-state index in [1.54, 1.807) is 25.2 Å². The van der Waals surface area contributed by atoms with Gasteiger partial charge in [0.15, 0.2) is 0 Å². The Kier molecular flexibility index (Phi) is 5.42. The number of carbonyl (C=O) groups is 1. The van der Waals surface area contributed by atoms with E-state index in [0.717, 1.165) is 37.1 Å². The lowest BCUT2D eigenvalue weighted by Gasteiger charge is -2.30. The van der Waals surface area contributed by atoms with Gasteiger partial charge in [-0.15, -0.1) is 0 Å². The summed E-state index contributed by atoms with van der Waals surface area (Å²) in [5.74, 6) is -0.289. The summed E-state index contributed by atoms with van der Waals surface area (Å²) in [7, 11) is 3.71. The maximum Gasteiger partial charge on any atom is 0.414 e. The van der Waals surface area contributed by atoms with Crippen molar-refractivity contribution in [3.63, 3.8) is 0 Å². The molecule has 1 saturated heterocycles. The van der Waals surface area contributed by atoms with Crippen molar-refractivity contribution in [2.24, 2.45) is 0 Å². The number of hydrogen-bond donors (Lipinski definition) is 1. The highest BCUT2D eigenvalue weighted by molar-refractivity contribution is 5.92. The molecule has 0 atom stereocenters. The number of likely N-dealkylation sites (tertiary alicyclic amines) is 1. The van der Waals surface area contributed by atoms with Gasteiger partial charge >= 0.3 is 6.09 Å². The van der Waals surface area contributed by atoms with Crippen molar-refractivity contribution in [2.75, 3.05) is 37.8 Å². The molecule has 0 spiro atoms. The van der Waals surface area contributed by atoms with Crippen molar-refractivity contribution in [3.05, 3.63) is 48.3 Å². The third-order valence-corrected chi connectivity index (χ3v) is 4.78. The molecule has 1 amide bonds. The van der Waals surface area contributed by atoms with E-state index in [4.69, 9.17) is 10.5 Å². The molecule has 3 rings (SSSR count). The molecule has 2 aromatic rings. The summed E-state index contributed by atoms with van der Waals surface area (Å²) in [4.78, 5) is 16.2. The summed E-state index contributed by atoms with van der Waals surface area (Å²) < 4.78 is 18.8. The molecule has 1 fully saturated rings. The van der Waals surface area contributed by atoms with E-state index in [2.05, 4.69) is 11.9 Å². The smallest absolute Gasteiger partial charge is 0.414 e. The summed E-state index contributed by atoms with van der Waals surface area (Å²) in [6, 6.07) is 11.6. The van der Waals surface area contributed by atoms with Crippen LogP contribution in [-0.4, -0.2) is 44.3 Å². The molecule has 0 aliphatic carbocycles. The van der Waals surface area contributed by atoms with E-state index in [0.29, 0.717) is 11.4 Å². The molecule has 0 radical (unpaired) electrons. The van der Waals surface area contributed by atoms with Crippen LogP contribution in [0.1, 0.15) is 12.8 Å². The van der Waals surface area contributed by atoms with Crippen molar-refractivity contribution < 1.29 is 13.9 Å². The first-order valence-electron chi connectivity index (χ1n) is 8.72. The Balaban J connectivity index is 1.75. The van der Waals surface area contributed by atoms with Crippen LogP contribution in [0.4, 0.5) is 20.6 Å². The van der Waals surface area contributed by atoms with Gasteiger partial charge in [0.25, 0.3) is 0 Å². The van der Waals surface area contributed by atoms with Gasteiger partial charge in [-0.2, -0.15) is 0 Å². The third kappa shape index (κ3) is 4.14. The molecule has 0 saturated carbocycles. The Morgan fingerprint density at radius 3 is 2.42 bits per heavy atom. The summed E-state index contributed by atoms with van der Waals surface area (Å²) >= 11 is 0. The normalized spacial score (nSPS) is 15.7. The zero-order valence-corrected chi connectivity index (χ0v) is 15.1. The number of anilines is 2. The number of nitrogens with two attached hydrogens (primary N) is 1. The van der Waals surface area contributed by atoms with Crippen LogP contribution >= 0.6 is 0 Å². The third-order valence-electron chi connectivity index (χ3n) is 4.78. The monoisotopic (exact) mass is 357 g/mol. The van der Waals surface area contributed by atoms with Crippen LogP contribution in [-0.2, 0) is 4.74 Å². The highest BCUT2D eigenvalue weighted by Gasteiger charge is 2.23. The number of rotatable bonds is 3. The van der Waals surface area contributed by atoms with Gasteiger partial charge in [0.2, 0.25) is 0 Å². The molecule has 0 bridgehead atoms. The number of benzene rings is 2. The molecule has 1 aliphatic heterocycles. The SMILES string of the molecule is CN1CCC(OC(=O)N(C)c2cc(-c3ccc(F)cc3)ccc2N)CC1. The van der Waals surface area contributed by atoms with E-state index >= 15 is 0 Å². The molecule has 138 valence electrons. The Bertz CT molecular complexity index is 771. The van der Waals surface area contributed by atoms with Crippen molar-refractivity contribution in [3.8, 4) is 11.1 Å². The van der Waals surface area contributed by atoms with Crippen LogP contribution in [0.3, 0.4) is 0 Å².